The molecule has 0 aliphatic heterocycles. The highest BCUT2D eigenvalue weighted by Crippen LogP contribution is 2.36. The minimum absolute atomic E-state index is 0.268. The quantitative estimate of drug-likeness (QED) is 0.853. The van der Waals surface area contributed by atoms with Crippen molar-refractivity contribution in [3.8, 4) is 0 Å². The fourth-order valence-electron chi connectivity index (χ4n) is 2.96. The maximum atomic E-state index is 5.84. The van der Waals surface area contributed by atoms with Gasteiger partial charge in [0.2, 0.25) is 0 Å². The number of hydrogen-bond acceptors (Lipinski definition) is 3. The molecular formula is C18H26N2O. The number of aryl methyl sites for hydroxylation is 2. The number of pyridine rings is 1. The van der Waals surface area contributed by atoms with Crippen molar-refractivity contribution < 1.29 is 4.42 Å². The van der Waals surface area contributed by atoms with E-state index < -0.39 is 0 Å². The third kappa shape index (κ3) is 3.35. The fourth-order valence-corrected chi connectivity index (χ4v) is 2.96. The number of nitrogens with one attached hydrogen (secondary N) is 1. The molecule has 0 aliphatic rings. The van der Waals surface area contributed by atoms with Gasteiger partial charge in [-0.1, -0.05) is 13.8 Å². The van der Waals surface area contributed by atoms with Gasteiger partial charge < -0.3 is 9.73 Å². The number of aromatic nitrogens is 1. The number of nitrogens with zero attached hydrogens (tertiary/aromatic N) is 1. The summed E-state index contributed by atoms with van der Waals surface area (Å²) in [5, 5.41) is 3.70. The van der Waals surface area contributed by atoms with E-state index in [1.807, 2.05) is 19.3 Å². The summed E-state index contributed by atoms with van der Waals surface area (Å²) in [5.74, 6) is 2.42. The summed E-state index contributed by atoms with van der Waals surface area (Å²) < 4.78 is 5.84. The Kier molecular flexibility index (Phi) is 5.18. The molecule has 2 rings (SSSR count). The minimum Gasteiger partial charge on any atom is -0.466 e. The van der Waals surface area contributed by atoms with Crippen molar-refractivity contribution in [1.82, 2.24) is 10.3 Å². The molecule has 21 heavy (non-hydrogen) atoms. The van der Waals surface area contributed by atoms with E-state index in [0.717, 1.165) is 24.5 Å². The highest BCUT2D eigenvalue weighted by Gasteiger charge is 2.26. The molecule has 2 atom stereocenters. The van der Waals surface area contributed by atoms with E-state index in [0.29, 0.717) is 5.92 Å². The van der Waals surface area contributed by atoms with Gasteiger partial charge in [-0.05, 0) is 57.0 Å². The van der Waals surface area contributed by atoms with Gasteiger partial charge in [-0.15, -0.1) is 0 Å². The van der Waals surface area contributed by atoms with Crippen LogP contribution in [-0.2, 0) is 0 Å². The summed E-state index contributed by atoms with van der Waals surface area (Å²) in [7, 11) is 0. The molecule has 0 fully saturated rings. The molecule has 0 radical (unpaired) electrons. The molecule has 1 N–H and O–H groups in total. The summed E-state index contributed by atoms with van der Waals surface area (Å²) in [6.07, 6.45) is 4.85. The van der Waals surface area contributed by atoms with E-state index in [1.54, 1.807) is 0 Å². The third-order valence-corrected chi connectivity index (χ3v) is 4.27. The molecule has 0 aliphatic carbocycles. The normalized spacial score (nSPS) is 14.1. The van der Waals surface area contributed by atoms with E-state index >= 15 is 0 Å². The number of hydrogen-bond donors (Lipinski definition) is 1. The van der Waals surface area contributed by atoms with Crippen LogP contribution in [0.2, 0.25) is 0 Å². The Morgan fingerprint density at radius 1 is 1.14 bits per heavy atom. The van der Waals surface area contributed by atoms with Crippen LogP contribution in [0.3, 0.4) is 0 Å². The standard InChI is InChI=1S/C18H26N2O/c1-6-9-20-18(13(3)16-7-10-19-11-8-16)17-12(2)14(4)21-15(17)5/h7-8,10-11,13,18,20H,6,9H2,1-5H3. The number of furan rings is 1. The summed E-state index contributed by atoms with van der Waals surface area (Å²) in [4.78, 5) is 4.12. The molecular weight excluding hydrogens is 260 g/mol. The van der Waals surface area contributed by atoms with Gasteiger partial charge in [0.15, 0.2) is 0 Å². The fraction of sp³-hybridized carbons (Fsp3) is 0.500. The first-order valence-corrected chi connectivity index (χ1v) is 7.76. The zero-order valence-electron chi connectivity index (χ0n) is 13.7. The Labute approximate surface area is 127 Å². The van der Waals surface area contributed by atoms with Crippen LogP contribution in [0.4, 0.5) is 0 Å². The van der Waals surface area contributed by atoms with Crippen molar-refractivity contribution in [2.75, 3.05) is 6.54 Å². The average molecular weight is 286 g/mol. The largest absolute Gasteiger partial charge is 0.466 e. The van der Waals surface area contributed by atoms with Gasteiger partial charge in [0, 0.05) is 29.9 Å². The molecule has 3 nitrogen and oxygen atoms in total. The van der Waals surface area contributed by atoms with Crippen LogP contribution in [-0.4, -0.2) is 11.5 Å². The highest BCUT2D eigenvalue weighted by molar-refractivity contribution is 5.37. The van der Waals surface area contributed by atoms with Gasteiger partial charge in [0.1, 0.15) is 11.5 Å². The van der Waals surface area contributed by atoms with E-state index in [1.165, 1.54) is 16.7 Å². The van der Waals surface area contributed by atoms with Crippen molar-refractivity contribution in [3.63, 3.8) is 0 Å². The first-order chi connectivity index (χ1) is 10.1. The first kappa shape index (κ1) is 15.8. The summed E-state index contributed by atoms with van der Waals surface area (Å²) in [5.41, 5.74) is 3.88. The lowest BCUT2D eigenvalue weighted by molar-refractivity contribution is 0.446. The van der Waals surface area contributed by atoms with Crippen LogP contribution in [0.25, 0.3) is 0 Å². The van der Waals surface area contributed by atoms with Crippen LogP contribution >= 0.6 is 0 Å². The van der Waals surface area contributed by atoms with Gasteiger partial charge in [-0.3, -0.25) is 4.98 Å². The maximum absolute atomic E-state index is 5.84. The van der Waals surface area contributed by atoms with Gasteiger partial charge >= 0.3 is 0 Å². The molecule has 2 aromatic rings. The predicted molar refractivity (Wildman–Crippen MR) is 86.6 cm³/mol. The Bertz CT molecular complexity index is 574. The topological polar surface area (TPSA) is 38.1 Å². The molecule has 0 bridgehead atoms. The summed E-state index contributed by atoms with van der Waals surface area (Å²) in [6.45, 7) is 11.7. The van der Waals surface area contributed by atoms with E-state index in [9.17, 15) is 0 Å². The van der Waals surface area contributed by atoms with Crippen molar-refractivity contribution in [3.05, 3.63) is 52.7 Å². The van der Waals surface area contributed by atoms with E-state index in [2.05, 4.69) is 50.1 Å². The molecule has 0 saturated carbocycles. The number of rotatable bonds is 6. The second-order valence-electron chi connectivity index (χ2n) is 5.75. The zero-order valence-corrected chi connectivity index (χ0v) is 13.7. The van der Waals surface area contributed by atoms with Crippen molar-refractivity contribution in [1.29, 1.82) is 0 Å². The highest BCUT2D eigenvalue weighted by atomic mass is 16.3. The SMILES string of the molecule is CCCNC(c1c(C)oc(C)c1C)C(C)c1ccncc1. The van der Waals surface area contributed by atoms with Crippen molar-refractivity contribution in [2.45, 2.75) is 53.0 Å². The Morgan fingerprint density at radius 2 is 1.81 bits per heavy atom. The lowest BCUT2D eigenvalue weighted by Crippen LogP contribution is -2.27. The van der Waals surface area contributed by atoms with Crippen LogP contribution in [0, 0.1) is 20.8 Å². The van der Waals surface area contributed by atoms with E-state index in [4.69, 9.17) is 4.42 Å². The lowest BCUT2D eigenvalue weighted by atomic mass is 9.87. The Balaban J connectivity index is 2.38. The second kappa shape index (κ2) is 6.90. The molecule has 0 saturated heterocycles. The maximum Gasteiger partial charge on any atom is 0.106 e. The van der Waals surface area contributed by atoms with Crippen molar-refractivity contribution >= 4 is 0 Å². The first-order valence-electron chi connectivity index (χ1n) is 7.76. The third-order valence-electron chi connectivity index (χ3n) is 4.27. The van der Waals surface area contributed by atoms with Gasteiger partial charge in [-0.2, -0.15) is 0 Å². The Hall–Kier alpha value is -1.61. The average Bonchev–Trinajstić information content (AvgIpc) is 2.74. The Morgan fingerprint density at radius 3 is 2.33 bits per heavy atom. The van der Waals surface area contributed by atoms with Crippen LogP contribution < -0.4 is 5.32 Å². The molecule has 2 aromatic heterocycles. The van der Waals surface area contributed by atoms with Crippen LogP contribution in [0.15, 0.2) is 28.9 Å². The molecule has 3 heteroatoms. The second-order valence-corrected chi connectivity index (χ2v) is 5.75. The zero-order chi connectivity index (χ0) is 15.4. The smallest absolute Gasteiger partial charge is 0.106 e. The summed E-state index contributed by atoms with van der Waals surface area (Å²) >= 11 is 0. The lowest BCUT2D eigenvalue weighted by Gasteiger charge is -2.26. The van der Waals surface area contributed by atoms with Crippen LogP contribution in [0.1, 0.15) is 60.4 Å². The molecule has 0 aromatic carbocycles. The van der Waals surface area contributed by atoms with Gasteiger partial charge in [-0.25, -0.2) is 0 Å². The molecule has 2 unspecified atom stereocenters. The summed E-state index contributed by atoms with van der Waals surface area (Å²) in [6, 6.07) is 4.47. The molecule has 2 heterocycles. The van der Waals surface area contributed by atoms with E-state index in [-0.39, 0.29) is 6.04 Å². The molecule has 114 valence electrons. The van der Waals surface area contributed by atoms with Gasteiger partial charge in [0.05, 0.1) is 0 Å². The van der Waals surface area contributed by atoms with Gasteiger partial charge in [0.25, 0.3) is 0 Å². The predicted octanol–water partition coefficient (Wildman–Crippen LogP) is 4.44. The van der Waals surface area contributed by atoms with Crippen LogP contribution in [0.5, 0.6) is 0 Å². The molecule has 0 spiro atoms. The van der Waals surface area contributed by atoms with Crippen molar-refractivity contribution in [2.24, 2.45) is 0 Å². The molecule has 0 amide bonds. The monoisotopic (exact) mass is 286 g/mol. The minimum atomic E-state index is 0.268.